The summed E-state index contributed by atoms with van der Waals surface area (Å²) in [6.45, 7) is 7.01. The van der Waals surface area contributed by atoms with Gasteiger partial charge in [-0.2, -0.15) is 0 Å². The average Bonchev–Trinajstić information content (AvgIpc) is 2.81. The van der Waals surface area contributed by atoms with E-state index in [2.05, 4.69) is 25.8 Å². The molecule has 4 heteroatoms. The Morgan fingerprint density at radius 3 is 2.48 bits per heavy atom. The minimum absolute atomic E-state index is 0.397. The van der Waals surface area contributed by atoms with E-state index >= 15 is 0 Å². The summed E-state index contributed by atoms with van der Waals surface area (Å²) in [5.41, 5.74) is 8.31. The molecular weight excluding hydrogens is 284 g/mol. The molecule has 1 aromatic carbocycles. The van der Waals surface area contributed by atoms with Crippen molar-refractivity contribution in [2.24, 2.45) is 11.3 Å². The number of hydrogen-bond donors (Lipinski definition) is 1. The van der Waals surface area contributed by atoms with Gasteiger partial charge in [0.05, 0.1) is 10.7 Å². The Balaban J connectivity index is 1.79. The van der Waals surface area contributed by atoms with Crippen LogP contribution in [0.3, 0.4) is 0 Å². The Morgan fingerprint density at radius 2 is 1.86 bits per heavy atom. The monoisotopic (exact) mass is 306 g/mol. The van der Waals surface area contributed by atoms with Crippen LogP contribution in [-0.2, 0) is 0 Å². The van der Waals surface area contributed by atoms with Crippen molar-refractivity contribution in [1.29, 1.82) is 0 Å². The molecule has 1 heterocycles. The van der Waals surface area contributed by atoms with E-state index in [1.807, 2.05) is 0 Å². The Labute approximate surface area is 130 Å². The van der Waals surface area contributed by atoms with E-state index in [1.165, 1.54) is 12.8 Å². The second-order valence-electron chi connectivity index (χ2n) is 7.31. The summed E-state index contributed by atoms with van der Waals surface area (Å²) in [4.78, 5) is 4.62. The fourth-order valence-electron chi connectivity index (χ4n) is 3.36. The number of nitrogen functional groups attached to an aromatic ring is 1. The lowest BCUT2D eigenvalue weighted by Crippen LogP contribution is -2.25. The van der Waals surface area contributed by atoms with Crippen molar-refractivity contribution in [3.63, 3.8) is 0 Å². The number of oxazole rings is 1. The summed E-state index contributed by atoms with van der Waals surface area (Å²) < 4.78 is 5.91. The van der Waals surface area contributed by atoms with Gasteiger partial charge in [0.2, 0.25) is 0 Å². The molecule has 0 unspecified atom stereocenters. The molecule has 0 spiro atoms. The highest BCUT2D eigenvalue weighted by atomic mass is 35.5. The predicted molar refractivity (Wildman–Crippen MR) is 87.6 cm³/mol. The number of halogens is 1. The summed E-state index contributed by atoms with van der Waals surface area (Å²) in [7, 11) is 0. The molecule has 0 amide bonds. The van der Waals surface area contributed by atoms with Gasteiger partial charge in [-0.25, -0.2) is 4.98 Å². The normalized spacial score (nSPS) is 23.6. The van der Waals surface area contributed by atoms with Crippen LogP contribution in [0, 0.1) is 11.3 Å². The molecule has 2 N–H and O–H groups in total. The molecule has 21 heavy (non-hydrogen) atoms. The lowest BCUT2D eigenvalue weighted by Gasteiger charge is -2.36. The number of aromatic nitrogens is 1. The van der Waals surface area contributed by atoms with Crippen molar-refractivity contribution in [2.45, 2.75) is 52.4 Å². The zero-order chi connectivity index (χ0) is 15.2. The van der Waals surface area contributed by atoms with Crippen molar-refractivity contribution in [1.82, 2.24) is 4.98 Å². The van der Waals surface area contributed by atoms with Gasteiger partial charge in [-0.1, -0.05) is 32.4 Å². The van der Waals surface area contributed by atoms with E-state index in [1.54, 1.807) is 12.1 Å². The summed E-state index contributed by atoms with van der Waals surface area (Å²) in [6, 6.07) is 3.56. The number of hydrogen-bond acceptors (Lipinski definition) is 3. The third-order valence-electron chi connectivity index (χ3n) is 4.82. The highest BCUT2D eigenvalue weighted by Crippen LogP contribution is 2.43. The third-order valence-corrected chi connectivity index (χ3v) is 5.15. The number of rotatable bonds is 1. The molecule has 0 atom stereocenters. The first-order valence-electron chi connectivity index (χ1n) is 7.70. The van der Waals surface area contributed by atoms with Crippen LogP contribution in [0.2, 0.25) is 5.02 Å². The molecule has 0 aliphatic heterocycles. The molecule has 1 aliphatic carbocycles. The zero-order valence-electron chi connectivity index (χ0n) is 12.9. The van der Waals surface area contributed by atoms with Gasteiger partial charge in [0.15, 0.2) is 11.5 Å². The van der Waals surface area contributed by atoms with Crippen molar-refractivity contribution < 1.29 is 4.42 Å². The largest absolute Gasteiger partial charge is 0.440 e. The number of anilines is 1. The topological polar surface area (TPSA) is 52.0 Å². The van der Waals surface area contributed by atoms with Crippen LogP contribution in [0.25, 0.3) is 11.1 Å². The van der Waals surface area contributed by atoms with Crippen LogP contribution in [0.1, 0.15) is 58.3 Å². The van der Waals surface area contributed by atoms with Crippen molar-refractivity contribution >= 4 is 28.4 Å². The summed E-state index contributed by atoms with van der Waals surface area (Å²) in [6.07, 6.45) is 4.79. The Hall–Kier alpha value is -1.22. The average molecular weight is 307 g/mol. The van der Waals surface area contributed by atoms with Crippen LogP contribution >= 0.6 is 11.6 Å². The molecule has 1 aliphatic rings. The maximum atomic E-state index is 6.05. The first-order valence-corrected chi connectivity index (χ1v) is 8.08. The lowest BCUT2D eigenvalue weighted by atomic mass is 9.70. The van der Waals surface area contributed by atoms with Gasteiger partial charge in [-0.05, 0) is 43.1 Å². The van der Waals surface area contributed by atoms with Crippen LogP contribution < -0.4 is 5.73 Å². The fourth-order valence-corrected chi connectivity index (χ4v) is 3.52. The van der Waals surface area contributed by atoms with E-state index < -0.39 is 0 Å². The van der Waals surface area contributed by atoms with E-state index in [0.717, 1.165) is 35.7 Å². The van der Waals surface area contributed by atoms with Gasteiger partial charge in [-0.3, -0.25) is 0 Å². The summed E-state index contributed by atoms with van der Waals surface area (Å²) in [5.74, 6) is 2.07. The van der Waals surface area contributed by atoms with Gasteiger partial charge in [0.1, 0.15) is 5.52 Å². The molecule has 1 aromatic heterocycles. The third kappa shape index (κ3) is 2.89. The standard InChI is InChI=1S/C17H23ClN2O/c1-17(2,3)11-6-4-10(5-7-11)16-20-14-8-12(18)13(19)9-15(14)21-16/h8-11H,4-7,19H2,1-3H3. The van der Waals surface area contributed by atoms with Crippen LogP contribution in [-0.4, -0.2) is 4.98 Å². The van der Waals surface area contributed by atoms with Crippen LogP contribution in [0.5, 0.6) is 0 Å². The van der Waals surface area contributed by atoms with Crippen molar-refractivity contribution in [3.8, 4) is 0 Å². The van der Waals surface area contributed by atoms with Gasteiger partial charge < -0.3 is 10.2 Å². The van der Waals surface area contributed by atoms with Crippen LogP contribution in [0.4, 0.5) is 5.69 Å². The minimum atomic E-state index is 0.397. The van der Waals surface area contributed by atoms with Crippen LogP contribution in [0.15, 0.2) is 16.5 Å². The predicted octanol–water partition coefficient (Wildman–Crippen LogP) is 5.38. The molecular formula is C17H23ClN2O. The Kier molecular flexibility index (Phi) is 3.64. The van der Waals surface area contributed by atoms with E-state index in [0.29, 0.717) is 22.0 Å². The van der Waals surface area contributed by atoms with E-state index in [4.69, 9.17) is 21.8 Å². The number of nitrogens with two attached hydrogens (primary N) is 1. The number of benzene rings is 1. The Morgan fingerprint density at radius 1 is 1.19 bits per heavy atom. The fraction of sp³-hybridized carbons (Fsp3) is 0.588. The summed E-state index contributed by atoms with van der Waals surface area (Å²) in [5, 5.41) is 0.541. The molecule has 3 nitrogen and oxygen atoms in total. The van der Waals surface area contributed by atoms with E-state index in [-0.39, 0.29) is 0 Å². The molecule has 2 aromatic rings. The highest BCUT2D eigenvalue weighted by molar-refractivity contribution is 6.33. The number of fused-ring (bicyclic) bond motifs is 1. The van der Waals surface area contributed by atoms with Crippen molar-refractivity contribution in [2.75, 3.05) is 5.73 Å². The van der Waals surface area contributed by atoms with Crippen molar-refractivity contribution in [3.05, 3.63) is 23.0 Å². The SMILES string of the molecule is CC(C)(C)C1CCC(c2nc3cc(Cl)c(N)cc3o2)CC1. The first kappa shape index (κ1) is 14.7. The van der Waals surface area contributed by atoms with E-state index in [9.17, 15) is 0 Å². The smallest absolute Gasteiger partial charge is 0.198 e. The molecule has 114 valence electrons. The molecule has 1 fully saturated rings. The maximum Gasteiger partial charge on any atom is 0.198 e. The second-order valence-corrected chi connectivity index (χ2v) is 7.72. The highest BCUT2D eigenvalue weighted by Gasteiger charge is 2.32. The summed E-state index contributed by atoms with van der Waals surface area (Å²) >= 11 is 6.05. The first-order chi connectivity index (χ1) is 9.84. The van der Waals surface area contributed by atoms with Gasteiger partial charge >= 0.3 is 0 Å². The molecule has 0 bridgehead atoms. The molecule has 0 saturated heterocycles. The quantitative estimate of drug-likeness (QED) is 0.719. The number of nitrogens with zero attached hydrogens (tertiary/aromatic N) is 1. The zero-order valence-corrected chi connectivity index (χ0v) is 13.7. The van der Waals surface area contributed by atoms with Gasteiger partial charge in [0.25, 0.3) is 0 Å². The maximum absolute atomic E-state index is 6.05. The second kappa shape index (κ2) is 5.20. The minimum Gasteiger partial charge on any atom is -0.440 e. The molecule has 1 saturated carbocycles. The van der Waals surface area contributed by atoms with Gasteiger partial charge in [0, 0.05) is 12.0 Å². The molecule has 3 rings (SSSR count). The lowest BCUT2D eigenvalue weighted by molar-refractivity contribution is 0.162. The molecule has 0 radical (unpaired) electrons. The van der Waals surface area contributed by atoms with Gasteiger partial charge in [-0.15, -0.1) is 0 Å². The Bertz CT molecular complexity index is 610.